The zero-order chi connectivity index (χ0) is 15.0. The van der Waals surface area contributed by atoms with Crippen LogP contribution in [0.15, 0.2) is 22.7 Å². The van der Waals surface area contributed by atoms with Crippen LogP contribution in [0.4, 0.5) is 0 Å². The van der Waals surface area contributed by atoms with Gasteiger partial charge >= 0.3 is 5.97 Å². The lowest BCUT2D eigenvalue weighted by Crippen LogP contribution is -2.51. The van der Waals surface area contributed by atoms with Crippen molar-refractivity contribution in [3.63, 3.8) is 0 Å². The fourth-order valence-corrected chi connectivity index (χ4v) is 4.67. The second-order valence-electron chi connectivity index (χ2n) is 6.28. The number of carboxylic acids is 1. The van der Waals surface area contributed by atoms with Crippen molar-refractivity contribution in [2.45, 2.75) is 57.0 Å². The molecule has 1 N–H and O–H groups in total. The highest BCUT2D eigenvalue weighted by Crippen LogP contribution is 2.45. The summed E-state index contributed by atoms with van der Waals surface area (Å²) < 4.78 is 1.11. The predicted octanol–water partition coefficient (Wildman–Crippen LogP) is 4.16. The Labute approximate surface area is 134 Å². The number of hydrogen-bond donors (Lipinski definition) is 1. The summed E-state index contributed by atoms with van der Waals surface area (Å²) in [4.78, 5) is 14.3. The third-order valence-electron chi connectivity index (χ3n) is 5.13. The van der Waals surface area contributed by atoms with Crippen molar-refractivity contribution in [2.24, 2.45) is 0 Å². The van der Waals surface area contributed by atoms with Crippen LogP contribution in [0.1, 0.15) is 56.2 Å². The summed E-state index contributed by atoms with van der Waals surface area (Å²) >= 11 is 3.53. The quantitative estimate of drug-likeness (QED) is 0.885. The van der Waals surface area contributed by atoms with Crippen molar-refractivity contribution in [1.29, 1.82) is 0 Å². The monoisotopic (exact) mass is 351 g/mol. The SMILES string of the molecule is CCCC1(C(=O)O)CCCN1C1CCc2cc(Br)ccc21. The van der Waals surface area contributed by atoms with Gasteiger partial charge in [-0.2, -0.15) is 0 Å². The number of carbonyl (C=O) groups is 1. The smallest absolute Gasteiger partial charge is 0.324 e. The first-order valence-corrected chi connectivity index (χ1v) is 8.66. The maximum absolute atomic E-state index is 12.0. The summed E-state index contributed by atoms with van der Waals surface area (Å²) in [6.07, 6.45) is 5.56. The number of nitrogens with zero attached hydrogens (tertiary/aromatic N) is 1. The molecule has 2 atom stereocenters. The summed E-state index contributed by atoms with van der Waals surface area (Å²) in [5, 5.41) is 9.87. The fourth-order valence-electron chi connectivity index (χ4n) is 4.26. The van der Waals surface area contributed by atoms with Crippen LogP contribution in [0.5, 0.6) is 0 Å². The second kappa shape index (κ2) is 5.73. The second-order valence-corrected chi connectivity index (χ2v) is 7.20. The van der Waals surface area contributed by atoms with E-state index in [0.29, 0.717) is 0 Å². The summed E-state index contributed by atoms with van der Waals surface area (Å²) in [5.74, 6) is -0.632. The first-order chi connectivity index (χ1) is 10.1. The zero-order valence-corrected chi connectivity index (χ0v) is 14.0. The molecule has 0 bridgehead atoms. The number of aliphatic carboxylic acids is 1. The third-order valence-corrected chi connectivity index (χ3v) is 5.62. The number of aryl methyl sites for hydroxylation is 1. The van der Waals surface area contributed by atoms with Crippen LogP contribution in [-0.4, -0.2) is 28.1 Å². The van der Waals surface area contributed by atoms with E-state index >= 15 is 0 Å². The van der Waals surface area contributed by atoms with Gasteiger partial charge in [0.15, 0.2) is 0 Å². The number of carboxylic acid groups (broad SMARTS) is 1. The van der Waals surface area contributed by atoms with Gasteiger partial charge < -0.3 is 5.11 Å². The topological polar surface area (TPSA) is 40.5 Å². The number of halogens is 1. The molecule has 114 valence electrons. The highest BCUT2D eigenvalue weighted by atomic mass is 79.9. The minimum Gasteiger partial charge on any atom is -0.480 e. The van der Waals surface area contributed by atoms with Gasteiger partial charge in [0.2, 0.25) is 0 Å². The van der Waals surface area contributed by atoms with Crippen molar-refractivity contribution in [2.75, 3.05) is 6.54 Å². The number of hydrogen-bond acceptors (Lipinski definition) is 2. The summed E-state index contributed by atoms with van der Waals surface area (Å²) in [6.45, 7) is 2.99. The Morgan fingerprint density at radius 1 is 1.52 bits per heavy atom. The van der Waals surface area contributed by atoms with Gasteiger partial charge in [-0.3, -0.25) is 9.69 Å². The third kappa shape index (κ3) is 2.42. The molecule has 21 heavy (non-hydrogen) atoms. The average Bonchev–Trinajstić information content (AvgIpc) is 3.02. The van der Waals surface area contributed by atoms with Gasteiger partial charge in [0, 0.05) is 10.5 Å². The molecule has 1 aromatic carbocycles. The maximum atomic E-state index is 12.0. The zero-order valence-electron chi connectivity index (χ0n) is 12.4. The average molecular weight is 352 g/mol. The van der Waals surface area contributed by atoms with E-state index in [0.717, 1.165) is 49.5 Å². The van der Waals surface area contributed by atoms with Crippen LogP contribution < -0.4 is 0 Å². The van der Waals surface area contributed by atoms with Crippen molar-refractivity contribution in [3.8, 4) is 0 Å². The molecule has 0 spiro atoms. The first kappa shape index (κ1) is 15.0. The molecular formula is C17H22BrNO2. The number of benzene rings is 1. The Morgan fingerprint density at radius 3 is 3.05 bits per heavy atom. The Morgan fingerprint density at radius 2 is 2.33 bits per heavy atom. The Hall–Kier alpha value is -0.870. The summed E-state index contributed by atoms with van der Waals surface area (Å²) in [6, 6.07) is 6.72. The molecule has 1 aliphatic carbocycles. The van der Waals surface area contributed by atoms with Gasteiger partial charge in [-0.05, 0) is 61.9 Å². The largest absolute Gasteiger partial charge is 0.480 e. The molecule has 3 nitrogen and oxygen atoms in total. The number of likely N-dealkylation sites (tertiary alicyclic amines) is 1. The van der Waals surface area contributed by atoms with Crippen LogP contribution in [-0.2, 0) is 11.2 Å². The number of rotatable bonds is 4. The van der Waals surface area contributed by atoms with Crippen molar-refractivity contribution in [1.82, 2.24) is 4.90 Å². The van der Waals surface area contributed by atoms with E-state index in [4.69, 9.17) is 0 Å². The molecule has 1 aliphatic heterocycles. The predicted molar refractivity (Wildman–Crippen MR) is 86.4 cm³/mol. The molecular weight excluding hydrogens is 330 g/mol. The molecule has 1 aromatic rings. The lowest BCUT2D eigenvalue weighted by Gasteiger charge is -2.39. The van der Waals surface area contributed by atoms with Gasteiger partial charge in [0.05, 0.1) is 0 Å². The van der Waals surface area contributed by atoms with Crippen LogP contribution in [0.2, 0.25) is 0 Å². The minimum absolute atomic E-state index is 0.276. The molecule has 0 amide bonds. The van der Waals surface area contributed by atoms with Gasteiger partial charge in [-0.1, -0.05) is 35.3 Å². The highest BCUT2D eigenvalue weighted by Gasteiger charge is 2.50. The first-order valence-electron chi connectivity index (χ1n) is 7.87. The Balaban J connectivity index is 1.96. The number of fused-ring (bicyclic) bond motifs is 1. The van der Waals surface area contributed by atoms with Crippen molar-refractivity contribution >= 4 is 21.9 Å². The highest BCUT2D eigenvalue weighted by molar-refractivity contribution is 9.10. The Kier molecular flexibility index (Phi) is 4.10. The van der Waals surface area contributed by atoms with E-state index in [-0.39, 0.29) is 6.04 Å². The maximum Gasteiger partial charge on any atom is 0.324 e. The molecule has 2 aliphatic rings. The van der Waals surface area contributed by atoms with Crippen LogP contribution in [0.25, 0.3) is 0 Å². The van der Waals surface area contributed by atoms with E-state index in [1.165, 1.54) is 11.1 Å². The minimum atomic E-state index is -0.645. The normalized spacial score (nSPS) is 28.8. The summed E-state index contributed by atoms with van der Waals surface area (Å²) in [5.41, 5.74) is 2.06. The molecule has 1 saturated heterocycles. The van der Waals surface area contributed by atoms with Gasteiger partial charge in [-0.25, -0.2) is 0 Å². The van der Waals surface area contributed by atoms with Crippen molar-refractivity contribution in [3.05, 3.63) is 33.8 Å². The van der Waals surface area contributed by atoms with Crippen LogP contribution >= 0.6 is 15.9 Å². The van der Waals surface area contributed by atoms with E-state index in [1.807, 2.05) is 0 Å². The lowest BCUT2D eigenvalue weighted by atomic mass is 9.89. The van der Waals surface area contributed by atoms with Crippen LogP contribution in [0, 0.1) is 0 Å². The summed E-state index contributed by atoms with van der Waals surface area (Å²) in [7, 11) is 0. The standard InChI is InChI=1S/C17H22BrNO2/c1-2-8-17(16(20)21)9-3-10-19(17)15-7-4-12-11-13(18)5-6-14(12)15/h5-6,11,15H,2-4,7-10H2,1H3,(H,20,21). The molecule has 1 heterocycles. The fraction of sp³-hybridized carbons (Fsp3) is 0.588. The van der Waals surface area contributed by atoms with E-state index in [9.17, 15) is 9.90 Å². The molecule has 1 fully saturated rings. The van der Waals surface area contributed by atoms with Gasteiger partial charge in [0.25, 0.3) is 0 Å². The van der Waals surface area contributed by atoms with Gasteiger partial charge in [0.1, 0.15) is 5.54 Å². The van der Waals surface area contributed by atoms with E-state index in [2.05, 4.69) is 46.0 Å². The van der Waals surface area contributed by atoms with E-state index in [1.54, 1.807) is 0 Å². The van der Waals surface area contributed by atoms with Crippen molar-refractivity contribution < 1.29 is 9.90 Å². The molecule has 3 rings (SSSR count). The molecule has 4 heteroatoms. The molecule has 0 saturated carbocycles. The Bertz CT molecular complexity index is 560. The van der Waals surface area contributed by atoms with Gasteiger partial charge in [-0.15, -0.1) is 0 Å². The molecule has 2 unspecified atom stereocenters. The van der Waals surface area contributed by atoms with Crippen LogP contribution in [0.3, 0.4) is 0 Å². The van der Waals surface area contributed by atoms with E-state index < -0.39 is 11.5 Å². The molecule has 0 radical (unpaired) electrons. The lowest BCUT2D eigenvalue weighted by molar-refractivity contribution is -0.152. The molecule has 0 aromatic heterocycles.